The molecule has 0 aliphatic carbocycles. The van der Waals surface area contributed by atoms with Gasteiger partial charge < -0.3 is 19.5 Å². The van der Waals surface area contributed by atoms with Crippen LogP contribution in [0.3, 0.4) is 0 Å². The summed E-state index contributed by atoms with van der Waals surface area (Å²) in [6.45, 7) is 2.89. The van der Waals surface area contributed by atoms with E-state index in [1.807, 2.05) is 0 Å². The van der Waals surface area contributed by atoms with Gasteiger partial charge in [-0.1, -0.05) is 24.3 Å². The SMILES string of the molecule is O=[N+]([O-])c1cccc(C(O)CN2CCC(C3(c4ccc(F)cc4)OCCO3)CC2)c1. The molecule has 2 aliphatic rings. The van der Waals surface area contributed by atoms with Crippen molar-refractivity contribution < 1.29 is 23.9 Å². The van der Waals surface area contributed by atoms with E-state index in [9.17, 15) is 19.6 Å². The van der Waals surface area contributed by atoms with Crippen LogP contribution in [0.25, 0.3) is 0 Å². The molecule has 4 rings (SSSR count). The predicted octanol–water partition coefficient (Wildman–Crippen LogP) is 3.38. The second-order valence-electron chi connectivity index (χ2n) is 7.81. The van der Waals surface area contributed by atoms with E-state index in [0.29, 0.717) is 25.3 Å². The number of benzene rings is 2. The third-order valence-corrected chi connectivity index (χ3v) is 5.98. The van der Waals surface area contributed by atoms with Gasteiger partial charge in [-0.25, -0.2) is 4.39 Å². The molecule has 0 aromatic heterocycles. The lowest BCUT2D eigenvalue weighted by molar-refractivity contribution is -0.385. The number of likely N-dealkylation sites (tertiary alicyclic amines) is 1. The standard InChI is InChI=1S/C22H25FN2O5/c23-19-6-4-17(5-7-19)22(29-12-13-30-22)18-8-10-24(11-9-18)15-21(26)16-2-1-3-20(14-16)25(27)28/h1-7,14,18,21,26H,8-13,15H2. The maximum absolute atomic E-state index is 13.4. The molecule has 0 bridgehead atoms. The highest BCUT2D eigenvalue weighted by atomic mass is 19.1. The van der Waals surface area contributed by atoms with Gasteiger partial charge in [0.15, 0.2) is 5.79 Å². The highest BCUT2D eigenvalue weighted by molar-refractivity contribution is 5.35. The lowest BCUT2D eigenvalue weighted by atomic mass is 9.84. The summed E-state index contributed by atoms with van der Waals surface area (Å²) >= 11 is 0. The van der Waals surface area contributed by atoms with Gasteiger partial charge in [-0.2, -0.15) is 0 Å². The molecule has 8 heteroatoms. The molecule has 2 heterocycles. The number of nitro groups is 1. The Bertz CT molecular complexity index is 877. The molecule has 7 nitrogen and oxygen atoms in total. The van der Waals surface area contributed by atoms with Gasteiger partial charge in [0.2, 0.25) is 0 Å². The van der Waals surface area contributed by atoms with Crippen molar-refractivity contribution >= 4 is 5.69 Å². The molecular weight excluding hydrogens is 391 g/mol. The third kappa shape index (κ3) is 4.22. The van der Waals surface area contributed by atoms with E-state index in [4.69, 9.17) is 9.47 Å². The minimum atomic E-state index is -0.849. The first kappa shape index (κ1) is 20.9. The normalized spacial score (nSPS) is 20.9. The third-order valence-electron chi connectivity index (χ3n) is 5.98. The van der Waals surface area contributed by atoms with Crippen LogP contribution in [0.1, 0.15) is 30.1 Å². The summed E-state index contributed by atoms with van der Waals surface area (Å²) in [7, 11) is 0. The van der Waals surface area contributed by atoms with Crippen LogP contribution in [0.2, 0.25) is 0 Å². The number of nitro benzene ring substituents is 1. The molecule has 2 aliphatic heterocycles. The summed E-state index contributed by atoms with van der Waals surface area (Å²) in [5, 5.41) is 21.5. The van der Waals surface area contributed by atoms with Crippen molar-refractivity contribution in [3.63, 3.8) is 0 Å². The summed E-state index contributed by atoms with van der Waals surface area (Å²) in [6, 6.07) is 12.4. The Kier molecular flexibility index (Phi) is 6.10. The van der Waals surface area contributed by atoms with Crippen LogP contribution in [0, 0.1) is 21.8 Å². The maximum Gasteiger partial charge on any atom is 0.269 e. The molecule has 0 spiro atoms. The number of aliphatic hydroxyl groups excluding tert-OH is 1. The van der Waals surface area contributed by atoms with Crippen molar-refractivity contribution in [3.8, 4) is 0 Å². The van der Waals surface area contributed by atoms with Crippen LogP contribution in [-0.4, -0.2) is 47.8 Å². The molecule has 0 amide bonds. The molecule has 30 heavy (non-hydrogen) atoms. The molecule has 0 saturated carbocycles. The number of hydrogen-bond donors (Lipinski definition) is 1. The molecule has 1 atom stereocenters. The van der Waals surface area contributed by atoms with Crippen LogP contribution in [0.5, 0.6) is 0 Å². The minimum absolute atomic E-state index is 0.0259. The highest BCUT2D eigenvalue weighted by Crippen LogP contribution is 2.43. The molecule has 0 radical (unpaired) electrons. The maximum atomic E-state index is 13.4. The molecule has 2 saturated heterocycles. The topological polar surface area (TPSA) is 85.1 Å². The van der Waals surface area contributed by atoms with Gasteiger partial charge in [-0.15, -0.1) is 0 Å². The number of hydrogen-bond acceptors (Lipinski definition) is 6. The van der Waals surface area contributed by atoms with Gasteiger partial charge in [0.05, 0.1) is 24.2 Å². The molecule has 1 unspecified atom stereocenters. The minimum Gasteiger partial charge on any atom is -0.387 e. The predicted molar refractivity (Wildman–Crippen MR) is 107 cm³/mol. The summed E-state index contributed by atoms with van der Waals surface area (Å²) in [5.74, 6) is -1.02. The second-order valence-corrected chi connectivity index (χ2v) is 7.81. The molecule has 160 valence electrons. The zero-order valence-corrected chi connectivity index (χ0v) is 16.6. The molecule has 2 fully saturated rings. The molecular formula is C22H25FN2O5. The Morgan fingerprint density at radius 2 is 1.83 bits per heavy atom. The van der Waals surface area contributed by atoms with Gasteiger partial charge in [0.25, 0.3) is 5.69 Å². The van der Waals surface area contributed by atoms with E-state index in [1.54, 1.807) is 24.3 Å². The van der Waals surface area contributed by atoms with Crippen LogP contribution < -0.4 is 0 Å². The monoisotopic (exact) mass is 416 g/mol. The van der Waals surface area contributed by atoms with E-state index in [2.05, 4.69) is 4.90 Å². The van der Waals surface area contributed by atoms with Gasteiger partial charge in [0.1, 0.15) is 5.82 Å². The van der Waals surface area contributed by atoms with Gasteiger partial charge in [-0.3, -0.25) is 10.1 Å². The summed E-state index contributed by atoms with van der Waals surface area (Å²) in [5.41, 5.74) is 1.34. The average molecular weight is 416 g/mol. The number of nitrogens with zero attached hydrogens (tertiary/aromatic N) is 2. The largest absolute Gasteiger partial charge is 0.387 e. The van der Waals surface area contributed by atoms with Gasteiger partial charge >= 0.3 is 0 Å². The lowest BCUT2D eigenvalue weighted by Gasteiger charge is -2.41. The molecule has 1 N–H and O–H groups in total. The summed E-state index contributed by atoms with van der Waals surface area (Å²) < 4.78 is 25.5. The van der Waals surface area contributed by atoms with Crippen molar-refractivity contribution in [2.24, 2.45) is 5.92 Å². The fourth-order valence-corrected chi connectivity index (χ4v) is 4.44. The van der Waals surface area contributed by atoms with Crippen LogP contribution in [0.4, 0.5) is 10.1 Å². The number of halogens is 1. The number of aliphatic hydroxyl groups is 1. The zero-order chi connectivity index (χ0) is 21.1. The lowest BCUT2D eigenvalue weighted by Crippen LogP contribution is -2.45. The Labute approximate surface area is 174 Å². The van der Waals surface area contributed by atoms with Crippen molar-refractivity contribution in [2.75, 3.05) is 32.8 Å². The van der Waals surface area contributed by atoms with Crippen LogP contribution in [-0.2, 0) is 15.3 Å². The van der Waals surface area contributed by atoms with Gasteiger partial charge in [-0.05, 0) is 43.6 Å². The van der Waals surface area contributed by atoms with E-state index < -0.39 is 16.8 Å². The highest BCUT2D eigenvalue weighted by Gasteiger charge is 2.47. The van der Waals surface area contributed by atoms with Crippen molar-refractivity contribution in [3.05, 3.63) is 75.6 Å². The van der Waals surface area contributed by atoms with Crippen molar-refractivity contribution in [2.45, 2.75) is 24.7 Å². The zero-order valence-electron chi connectivity index (χ0n) is 16.6. The Morgan fingerprint density at radius 3 is 2.47 bits per heavy atom. The van der Waals surface area contributed by atoms with Crippen LogP contribution >= 0.6 is 0 Å². The number of piperidine rings is 1. The molecule has 2 aromatic carbocycles. The first-order chi connectivity index (χ1) is 14.5. The van der Waals surface area contributed by atoms with Crippen LogP contribution in [0.15, 0.2) is 48.5 Å². The number of β-amino-alcohol motifs (C(OH)–C–C–N with tert-alkyl or cyclic N) is 1. The van der Waals surface area contributed by atoms with Gasteiger partial charge in [0, 0.05) is 30.2 Å². The fraction of sp³-hybridized carbons (Fsp3) is 0.455. The Balaban J connectivity index is 1.40. The number of ether oxygens (including phenoxy) is 2. The Morgan fingerprint density at radius 1 is 1.17 bits per heavy atom. The average Bonchev–Trinajstić information content (AvgIpc) is 3.26. The Hall–Kier alpha value is -2.39. The quantitative estimate of drug-likeness (QED) is 0.574. The smallest absolute Gasteiger partial charge is 0.269 e. The second kappa shape index (κ2) is 8.77. The van der Waals surface area contributed by atoms with E-state index >= 15 is 0 Å². The van der Waals surface area contributed by atoms with E-state index in [1.165, 1.54) is 24.3 Å². The van der Waals surface area contributed by atoms with Crippen molar-refractivity contribution in [1.29, 1.82) is 0 Å². The summed E-state index contributed by atoms with van der Waals surface area (Å²) in [4.78, 5) is 12.6. The number of rotatable bonds is 6. The first-order valence-electron chi connectivity index (χ1n) is 10.2. The van der Waals surface area contributed by atoms with E-state index in [0.717, 1.165) is 31.5 Å². The summed E-state index contributed by atoms with van der Waals surface area (Å²) in [6.07, 6.45) is 0.810. The first-order valence-corrected chi connectivity index (χ1v) is 10.2. The van der Waals surface area contributed by atoms with E-state index in [-0.39, 0.29) is 17.4 Å². The number of non-ortho nitro benzene ring substituents is 1. The van der Waals surface area contributed by atoms with Crippen molar-refractivity contribution in [1.82, 2.24) is 4.90 Å². The fourth-order valence-electron chi connectivity index (χ4n) is 4.44. The molecule has 2 aromatic rings.